The van der Waals surface area contributed by atoms with E-state index in [1.54, 1.807) is 0 Å². The highest BCUT2D eigenvalue weighted by atomic mass is 35.5. The van der Waals surface area contributed by atoms with Crippen molar-refractivity contribution in [2.75, 3.05) is 24.5 Å². The van der Waals surface area contributed by atoms with Crippen LogP contribution >= 0.6 is 11.6 Å². The summed E-state index contributed by atoms with van der Waals surface area (Å²) in [4.78, 5) is 23.8. The van der Waals surface area contributed by atoms with Crippen molar-refractivity contribution in [3.05, 3.63) is 77.2 Å². The second-order valence-corrected chi connectivity index (χ2v) is 8.58. The van der Waals surface area contributed by atoms with Gasteiger partial charge in [0, 0.05) is 37.4 Å². The average Bonchev–Trinajstić information content (AvgIpc) is 3.28. The van der Waals surface area contributed by atoms with Crippen LogP contribution in [0, 0.1) is 6.92 Å². The molecule has 4 aromatic rings. The molecule has 168 valence electrons. The Morgan fingerprint density at radius 3 is 2.73 bits per heavy atom. The maximum absolute atomic E-state index is 12.8. The summed E-state index contributed by atoms with van der Waals surface area (Å²) < 4.78 is 1.82. The van der Waals surface area contributed by atoms with E-state index in [1.165, 1.54) is 11.9 Å². The van der Waals surface area contributed by atoms with Crippen LogP contribution in [0.3, 0.4) is 0 Å². The number of fused-ring (bicyclic) bond motifs is 1. The molecule has 2 aromatic carbocycles. The predicted molar refractivity (Wildman–Crippen MR) is 129 cm³/mol. The summed E-state index contributed by atoms with van der Waals surface area (Å²) in [6.07, 6.45) is 3.48. The van der Waals surface area contributed by atoms with Crippen molar-refractivity contribution in [3.8, 4) is 5.69 Å². The first-order valence-corrected chi connectivity index (χ1v) is 11.2. The molecule has 5 rings (SSSR count). The Hall–Kier alpha value is -3.49. The van der Waals surface area contributed by atoms with E-state index in [0.717, 1.165) is 29.0 Å². The van der Waals surface area contributed by atoms with Crippen molar-refractivity contribution in [2.24, 2.45) is 0 Å². The largest absolute Gasteiger partial charge is 0.353 e. The Morgan fingerprint density at radius 2 is 1.94 bits per heavy atom. The Morgan fingerprint density at radius 1 is 1.15 bits per heavy atom. The zero-order chi connectivity index (χ0) is 22.8. The van der Waals surface area contributed by atoms with Gasteiger partial charge in [-0.1, -0.05) is 41.4 Å². The Labute approximate surface area is 196 Å². The standard InChI is InChI=1S/C24H24ClN7O/c1-16-2-8-19(9-3-16)32-13-20-22(30-32)28-15-29-23(20)31-11-10-26-21(14-31)24(33)27-12-17-4-6-18(25)7-5-17/h2-9,13,15,21,26H,10-12,14H2,1H3,(H,27,33)/t21-/m1/s1. The van der Waals surface area contributed by atoms with Crippen LogP contribution in [0.1, 0.15) is 11.1 Å². The zero-order valence-corrected chi connectivity index (χ0v) is 19.0. The molecule has 9 heteroatoms. The summed E-state index contributed by atoms with van der Waals surface area (Å²) in [7, 11) is 0. The molecule has 0 bridgehead atoms. The van der Waals surface area contributed by atoms with E-state index in [-0.39, 0.29) is 11.9 Å². The van der Waals surface area contributed by atoms with E-state index in [4.69, 9.17) is 11.6 Å². The van der Waals surface area contributed by atoms with E-state index in [2.05, 4.69) is 49.7 Å². The van der Waals surface area contributed by atoms with E-state index in [0.29, 0.717) is 30.3 Å². The van der Waals surface area contributed by atoms with Crippen LogP contribution in [-0.4, -0.2) is 51.3 Å². The van der Waals surface area contributed by atoms with Crippen molar-refractivity contribution in [1.82, 2.24) is 30.4 Å². The number of aromatic nitrogens is 4. The van der Waals surface area contributed by atoms with Crippen LogP contribution in [0.2, 0.25) is 5.02 Å². The molecular formula is C24H24ClN7O. The number of benzene rings is 2. The SMILES string of the molecule is Cc1ccc(-n2cc3c(N4CCN[C@@H](C(=O)NCc5ccc(Cl)cc5)C4)ncnc3n2)cc1. The fourth-order valence-electron chi connectivity index (χ4n) is 3.94. The molecule has 1 amide bonds. The van der Waals surface area contributed by atoms with Gasteiger partial charge in [-0.15, -0.1) is 5.10 Å². The number of piperazine rings is 1. The van der Waals surface area contributed by atoms with Crippen molar-refractivity contribution >= 4 is 34.4 Å². The molecule has 8 nitrogen and oxygen atoms in total. The lowest BCUT2D eigenvalue weighted by Crippen LogP contribution is -2.57. The summed E-state index contributed by atoms with van der Waals surface area (Å²) in [5.41, 5.74) is 3.78. The maximum Gasteiger partial charge on any atom is 0.239 e. The molecule has 0 aliphatic carbocycles. The zero-order valence-electron chi connectivity index (χ0n) is 18.2. The summed E-state index contributed by atoms with van der Waals surface area (Å²) >= 11 is 5.94. The van der Waals surface area contributed by atoms with Crippen molar-refractivity contribution in [2.45, 2.75) is 19.5 Å². The Bertz CT molecular complexity index is 1270. The summed E-state index contributed by atoms with van der Waals surface area (Å²) in [5, 5.41) is 12.5. The molecule has 0 radical (unpaired) electrons. The van der Waals surface area contributed by atoms with Crippen LogP contribution in [0.4, 0.5) is 5.82 Å². The lowest BCUT2D eigenvalue weighted by atomic mass is 10.1. The lowest BCUT2D eigenvalue weighted by molar-refractivity contribution is -0.123. The molecule has 1 aliphatic heterocycles. The summed E-state index contributed by atoms with van der Waals surface area (Å²) in [6, 6.07) is 15.3. The van der Waals surface area contributed by atoms with Crippen LogP contribution in [0.25, 0.3) is 16.7 Å². The third-order valence-electron chi connectivity index (χ3n) is 5.77. The third-order valence-corrected chi connectivity index (χ3v) is 6.02. The number of carbonyl (C=O) groups is 1. The lowest BCUT2D eigenvalue weighted by Gasteiger charge is -2.33. The summed E-state index contributed by atoms with van der Waals surface area (Å²) in [5.74, 6) is 0.741. The number of hydrogen-bond acceptors (Lipinski definition) is 6. The van der Waals surface area contributed by atoms with Gasteiger partial charge >= 0.3 is 0 Å². The van der Waals surface area contributed by atoms with E-state index in [9.17, 15) is 4.79 Å². The minimum Gasteiger partial charge on any atom is -0.353 e. The van der Waals surface area contributed by atoms with Gasteiger partial charge < -0.3 is 15.5 Å². The number of amides is 1. The molecular weight excluding hydrogens is 438 g/mol. The molecule has 2 aromatic heterocycles. The number of aryl methyl sites for hydroxylation is 1. The summed E-state index contributed by atoms with van der Waals surface area (Å²) in [6.45, 7) is 4.43. The first-order chi connectivity index (χ1) is 16.1. The van der Waals surface area contributed by atoms with E-state index < -0.39 is 0 Å². The van der Waals surface area contributed by atoms with Crippen LogP contribution < -0.4 is 15.5 Å². The number of nitrogens with one attached hydrogen (secondary N) is 2. The Kier molecular flexibility index (Phi) is 5.93. The molecule has 0 saturated carbocycles. The number of rotatable bonds is 5. The first kappa shape index (κ1) is 21.4. The second kappa shape index (κ2) is 9.17. The smallest absolute Gasteiger partial charge is 0.239 e. The predicted octanol–water partition coefficient (Wildman–Crippen LogP) is 2.87. The second-order valence-electron chi connectivity index (χ2n) is 8.14. The van der Waals surface area contributed by atoms with Gasteiger partial charge in [-0.3, -0.25) is 4.79 Å². The molecule has 1 saturated heterocycles. The van der Waals surface area contributed by atoms with Gasteiger partial charge in [0.2, 0.25) is 5.91 Å². The maximum atomic E-state index is 12.8. The third kappa shape index (κ3) is 4.67. The van der Waals surface area contributed by atoms with Gasteiger partial charge in [-0.05, 0) is 36.8 Å². The highest BCUT2D eigenvalue weighted by molar-refractivity contribution is 6.30. The van der Waals surface area contributed by atoms with Crippen molar-refractivity contribution in [3.63, 3.8) is 0 Å². The number of anilines is 1. The van der Waals surface area contributed by atoms with Gasteiger partial charge in [0.1, 0.15) is 18.2 Å². The van der Waals surface area contributed by atoms with Gasteiger partial charge in [0.15, 0.2) is 5.65 Å². The highest BCUT2D eigenvalue weighted by Crippen LogP contribution is 2.24. The van der Waals surface area contributed by atoms with Gasteiger partial charge in [0.05, 0.1) is 11.1 Å². The van der Waals surface area contributed by atoms with Crippen molar-refractivity contribution in [1.29, 1.82) is 0 Å². The van der Waals surface area contributed by atoms with Gasteiger partial charge in [0.25, 0.3) is 0 Å². The molecule has 1 fully saturated rings. The van der Waals surface area contributed by atoms with Crippen molar-refractivity contribution < 1.29 is 4.79 Å². The number of carbonyl (C=O) groups excluding carboxylic acids is 1. The molecule has 2 N–H and O–H groups in total. The molecule has 0 unspecified atom stereocenters. The van der Waals surface area contributed by atoms with Crippen LogP contribution in [0.5, 0.6) is 0 Å². The van der Waals surface area contributed by atoms with E-state index in [1.807, 2.05) is 47.3 Å². The Balaban J connectivity index is 1.32. The number of halogens is 1. The quantitative estimate of drug-likeness (QED) is 0.475. The number of nitrogens with zero attached hydrogens (tertiary/aromatic N) is 5. The molecule has 1 atom stereocenters. The first-order valence-electron chi connectivity index (χ1n) is 10.8. The minimum atomic E-state index is -0.344. The van der Waals surface area contributed by atoms with E-state index >= 15 is 0 Å². The normalized spacial score (nSPS) is 16.2. The number of hydrogen-bond donors (Lipinski definition) is 2. The van der Waals surface area contributed by atoms with Gasteiger partial charge in [-0.25, -0.2) is 14.6 Å². The van der Waals surface area contributed by atoms with Crippen LogP contribution in [-0.2, 0) is 11.3 Å². The van der Waals surface area contributed by atoms with Crippen LogP contribution in [0.15, 0.2) is 61.1 Å². The fraction of sp³-hybridized carbons (Fsp3) is 0.250. The topological polar surface area (TPSA) is 88.0 Å². The fourth-order valence-corrected chi connectivity index (χ4v) is 4.07. The average molecular weight is 462 g/mol. The molecule has 0 spiro atoms. The molecule has 3 heterocycles. The monoisotopic (exact) mass is 461 g/mol. The minimum absolute atomic E-state index is 0.0460. The highest BCUT2D eigenvalue weighted by Gasteiger charge is 2.27. The molecule has 1 aliphatic rings. The van der Waals surface area contributed by atoms with Gasteiger partial charge in [-0.2, -0.15) is 0 Å². The molecule has 33 heavy (non-hydrogen) atoms.